The summed E-state index contributed by atoms with van der Waals surface area (Å²) in [5.74, 6) is -4.57. The van der Waals surface area contributed by atoms with E-state index in [1.54, 1.807) is 24.3 Å². The maximum Gasteiger partial charge on any atom is 0.247 e. The van der Waals surface area contributed by atoms with Crippen LogP contribution in [0.2, 0.25) is 5.02 Å². The molecule has 2 aromatic carbocycles. The van der Waals surface area contributed by atoms with E-state index in [2.05, 4.69) is 15.5 Å². The molecule has 0 atom stereocenters. The van der Waals surface area contributed by atoms with Crippen LogP contribution in [0.25, 0.3) is 11.5 Å². The highest BCUT2D eigenvalue weighted by atomic mass is 35.5. The molecule has 0 bridgehead atoms. The monoisotopic (exact) mass is 381 g/mol. The van der Waals surface area contributed by atoms with Gasteiger partial charge >= 0.3 is 0 Å². The van der Waals surface area contributed by atoms with Crippen LogP contribution in [0, 0.1) is 17.5 Å². The first-order valence-corrected chi connectivity index (χ1v) is 7.83. The fourth-order valence-electron chi connectivity index (χ4n) is 2.12. The van der Waals surface area contributed by atoms with Gasteiger partial charge in [-0.1, -0.05) is 11.6 Å². The van der Waals surface area contributed by atoms with Crippen LogP contribution in [0.3, 0.4) is 0 Å². The molecular formula is C17H11ClF3N3O2. The minimum absolute atomic E-state index is 0.0950. The van der Waals surface area contributed by atoms with E-state index < -0.39 is 29.0 Å². The summed E-state index contributed by atoms with van der Waals surface area (Å²) in [5, 5.41) is 10.4. The van der Waals surface area contributed by atoms with Crippen molar-refractivity contribution in [2.24, 2.45) is 0 Å². The molecular weight excluding hydrogens is 371 g/mol. The smallest absolute Gasteiger partial charge is 0.247 e. The molecule has 0 unspecified atom stereocenters. The standard InChI is InChI=1S/C17H11ClF3N3O2/c18-10-3-1-9(2-4-10)17-24-23-14(26-17)8-7-13(25)22-12-6-5-11(19)15(20)16(12)21/h1-6H,7-8H2,(H,22,25). The van der Waals surface area contributed by atoms with Crippen molar-refractivity contribution >= 4 is 23.2 Å². The van der Waals surface area contributed by atoms with Crippen LogP contribution in [0.15, 0.2) is 40.8 Å². The van der Waals surface area contributed by atoms with Gasteiger partial charge in [-0.3, -0.25) is 4.79 Å². The molecule has 0 saturated carbocycles. The van der Waals surface area contributed by atoms with Crippen LogP contribution >= 0.6 is 11.6 Å². The highest BCUT2D eigenvalue weighted by Crippen LogP contribution is 2.22. The van der Waals surface area contributed by atoms with Crippen LogP contribution in [-0.2, 0) is 11.2 Å². The van der Waals surface area contributed by atoms with Gasteiger partial charge in [0, 0.05) is 23.4 Å². The fourth-order valence-corrected chi connectivity index (χ4v) is 2.25. The molecule has 0 aliphatic heterocycles. The Kier molecular flexibility index (Phi) is 5.22. The minimum Gasteiger partial charge on any atom is -0.421 e. The van der Waals surface area contributed by atoms with Crippen LogP contribution in [0.5, 0.6) is 0 Å². The van der Waals surface area contributed by atoms with E-state index in [1.165, 1.54) is 0 Å². The molecule has 1 N–H and O–H groups in total. The maximum atomic E-state index is 13.5. The molecule has 9 heteroatoms. The minimum atomic E-state index is -1.65. The Balaban J connectivity index is 1.60. The van der Waals surface area contributed by atoms with Crippen molar-refractivity contribution in [2.75, 3.05) is 5.32 Å². The lowest BCUT2D eigenvalue weighted by molar-refractivity contribution is -0.116. The molecule has 0 saturated heterocycles. The van der Waals surface area contributed by atoms with E-state index in [9.17, 15) is 18.0 Å². The Morgan fingerprint density at radius 1 is 1.04 bits per heavy atom. The molecule has 134 valence electrons. The van der Waals surface area contributed by atoms with Crippen molar-refractivity contribution in [3.05, 3.63) is 64.8 Å². The van der Waals surface area contributed by atoms with Crippen LogP contribution < -0.4 is 5.32 Å². The molecule has 5 nitrogen and oxygen atoms in total. The Morgan fingerprint density at radius 2 is 1.77 bits per heavy atom. The molecule has 0 aliphatic carbocycles. The highest BCUT2D eigenvalue weighted by Gasteiger charge is 2.16. The molecule has 1 amide bonds. The van der Waals surface area contributed by atoms with E-state index in [1.807, 2.05) is 0 Å². The summed E-state index contributed by atoms with van der Waals surface area (Å²) in [6.07, 6.45) is -0.0155. The number of amides is 1. The largest absolute Gasteiger partial charge is 0.421 e. The first-order chi connectivity index (χ1) is 12.4. The van der Waals surface area contributed by atoms with Gasteiger partial charge in [0.05, 0.1) is 5.69 Å². The summed E-state index contributed by atoms with van der Waals surface area (Å²) in [7, 11) is 0. The SMILES string of the molecule is O=C(CCc1nnc(-c2ccc(Cl)cc2)o1)Nc1ccc(F)c(F)c1F. The highest BCUT2D eigenvalue weighted by molar-refractivity contribution is 6.30. The van der Waals surface area contributed by atoms with E-state index in [0.717, 1.165) is 12.1 Å². The van der Waals surface area contributed by atoms with Crippen molar-refractivity contribution in [3.8, 4) is 11.5 Å². The second-order valence-electron chi connectivity index (χ2n) is 5.28. The molecule has 3 aromatic rings. The van der Waals surface area contributed by atoms with Gasteiger partial charge in [-0.15, -0.1) is 10.2 Å². The van der Waals surface area contributed by atoms with Crippen molar-refractivity contribution in [1.29, 1.82) is 0 Å². The van der Waals surface area contributed by atoms with Crippen molar-refractivity contribution in [2.45, 2.75) is 12.8 Å². The molecule has 26 heavy (non-hydrogen) atoms. The second-order valence-corrected chi connectivity index (χ2v) is 5.72. The Hall–Kier alpha value is -2.87. The average molecular weight is 382 g/mol. The summed E-state index contributed by atoms with van der Waals surface area (Å²) < 4.78 is 45.0. The van der Waals surface area contributed by atoms with Gasteiger partial charge in [0.15, 0.2) is 17.5 Å². The molecule has 0 spiro atoms. The van der Waals surface area contributed by atoms with E-state index >= 15 is 0 Å². The predicted octanol–water partition coefficient (Wildman–Crippen LogP) is 4.38. The Labute approximate surface area is 150 Å². The molecule has 1 heterocycles. The molecule has 3 rings (SSSR count). The lowest BCUT2D eigenvalue weighted by atomic mass is 10.2. The van der Waals surface area contributed by atoms with Gasteiger partial charge < -0.3 is 9.73 Å². The normalized spacial score (nSPS) is 10.8. The van der Waals surface area contributed by atoms with Gasteiger partial charge in [0.2, 0.25) is 17.7 Å². The number of hydrogen-bond donors (Lipinski definition) is 1. The van der Waals surface area contributed by atoms with E-state index in [0.29, 0.717) is 10.6 Å². The third-order valence-electron chi connectivity index (χ3n) is 3.43. The van der Waals surface area contributed by atoms with Gasteiger partial charge in [0.1, 0.15) is 0 Å². The molecule has 0 aliphatic rings. The van der Waals surface area contributed by atoms with E-state index in [4.69, 9.17) is 16.0 Å². The third-order valence-corrected chi connectivity index (χ3v) is 3.69. The second kappa shape index (κ2) is 7.57. The average Bonchev–Trinajstić information content (AvgIpc) is 3.10. The Bertz CT molecular complexity index is 945. The number of carbonyl (C=O) groups is 1. The molecule has 0 radical (unpaired) electrons. The van der Waals surface area contributed by atoms with Crippen LogP contribution in [-0.4, -0.2) is 16.1 Å². The molecule has 0 fully saturated rings. The first-order valence-electron chi connectivity index (χ1n) is 7.45. The number of rotatable bonds is 5. The maximum absolute atomic E-state index is 13.5. The van der Waals surface area contributed by atoms with Crippen molar-refractivity contribution < 1.29 is 22.4 Å². The number of anilines is 1. The lowest BCUT2D eigenvalue weighted by Gasteiger charge is -2.06. The van der Waals surface area contributed by atoms with Crippen molar-refractivity contribution in [3.63, 3.8) is 0 Å². The number of hydrogen-bond acceptors (Lipinski definition) is 4. The first kappa shape index (κ1) is 17.9. The quantitative estimate of drug-likeness (QED) is 0.666. The van der Waals surface area contributed by atoms with Gasteiger partial charge in [-0.05, 0) is 36.4 Å². The summed E-state index contributed by atoms with van der Waals surface area (Å²) in [4.78, 5) is 11.9. The third kappa shape index (κ3) is 4.02. The fraction of sp³-hybridized carbons (Fsp3) is 0.118. The number of nitrogens with one attached hydrogen (secondary N) is 1. The Morgan fingerprint density at radius 3 is 2.50 bits per heavy atom. The summed E-state index contributed by atoms with van der Waals surface area (Å²) in [6, 6.07) is 8.42. The predicted molar refractivity (Wildman–Crippen MR) is 88.0 cm³/mol. The zero-order chi connectivity index (χ0) is 18.7. The summed E-state index contributed by atoms with van der Waals surface area (Å²) in [6.45, 7) is 0. The zero-order valence-corrected chi connectivity index (χ0v) is 13.9. The van der Waals surface area contributed by atoms with Crippen molar-refractivity contribution in [1.82, 2.24) is 10.2 Å². The number of halogens is 4. The number of benzene rings is 2. The summed E-state index contributed by atoms with van der Waals surface area (Å²) in [5.41, 5.74) is 0.225. The number of carbonyl (C=O) groups excluding carboxylic acids is 1. The van der Waals surface area contributed by atoms with Crippen LogP contribution in [0.1, 0.15) is 12.3 Å². The number of aromatic nitrogens is 2. The zero-order valence-electron chi connectivity index (χ0n) is 13.1. The van der Waals surface area contributed by atoms with E-state index in [-0.39, 0.29) is 24.6 Å². The lowest BCUT2D eigenvalue weighted by Crippen LogP contribution is -2.14. The molecule has 1 aromatic heterocycles. The van der Waals surface area contributed by atoms with Gasteiger partial charge in [-0.2, -0.15) is 0 Å². The van der Waals surface area contributed by atoms with Crippen LogP contribution in [0.4, 0.5) is 18.9 Å². The summed E-state index contributed by atoms with van der Waals surface area (Å²) >= 11 is 5.80. The van der Waals surface area contributed by atoms with Gasteiger partial charge in [-0.25, -0.2) is 13.2 Å². The topological polar surface area (TPSA) is 68.0 Å². The number of aryl methyl sites for hydroxylation is 1. The number of nitrogens with zero attached hydrogens (tertiary/aromatic N) is 2. The van der Waals surface area contributed by atoms with Gasteiger partial charge in [0.25, 0.3) is 0 Å².